The smallest absolute Gasteiger partial charge is 0.332 e. The first-order chi connectivity index (χ1) is 10.2. The van der Waals surface area contributed by atoms with Gasteiger partial charge in [-0.3, -0.25) is 4.99 Å². The summed E-state index contributed by atoms with van der Waals surface area (Å²) < 4.78 is 6.78. The summed E-state index contributed by atoms with van der Waals surface area (Å²) >= 11 is 0. The van der Waals surface area contributed by atoms with Gasteiger partial charge in [0.1, 0.15) is 5.49 Å². The fourth-order valence-electron chi connectivity index (χ4n) is 2.57. The lowest BCUT2D eigenvalue weighted by Crippen LogP contribution is -2.24. The number of hydrogen-bond donors (Lipinski definition) is 1. The van der Waals surface area contributed by atoms with E-state index in [4.69, 9.17) is 4.74 Å². The molecule has 0 aliphatic carbocycles. The average molecular weight is 284 g/mol. The molecule has 21 heavy (non-hydrogen) atoms. The molecule has 0 saturated carbocycles. The maximum atomic E-state index is 11.7. The average Bonchev–Trinajstić information content (AvgIpc) is 3.03. The first kappa shape index (κ1) is 13.4. The van der Waals surface area contributed by atoms with Crippen molar-refractivity contribution in [3.05, 3.63) is 41.2 Å². The summed E-state index contributed by atoms with van der Waals surface area (Å²) in [5.74, 6) is -0.382. The van der Waals surface area contributed by atoms with Gasteiger partial charge in [0, 0.05) is 6.54 Å². The van der Waals surface area contributed by atoms with Crippen molar-refractivity contribution in [1.82, 2.24) is 4.57 Å². The molecule has 0 bridgehead atoms. The third-order valence-electron chi connectivity index (χ3n) is 3.44. The summed E-state index contributed by atoms with van der Waals surface area (Å²) in [7, 11) is 0. The van der Waals surface area contributed by atoms with Gasteiger partial charge in [0.25, 0.3) is 0 Å². The Morgan fingerprint density at radius 2 is 2.19 bits per heavy atom. The fraction of sp³-hybridized carbons (Fsp3) is 0.250. The molecule has 0 radical (unpaired) electrons. The summed E-state index contributed by atoms with van der Waals surface area (Å²) in [5, 5.41) is 11.0. The highest BCUT2D eigenvalue weighted by molar-refractivity contribution is 6.00. The zero-order chi connectivity index (χ0) is 14.8. The van der Waals surface area contributed by atoms with Gasteiger partial charge in [-0.05, 0) is 12.5 Å². The van der Waals surface area contributed by atoms with E-state index in [0.717, 1.165) is 5.56 Å². The summed E-state index contributed by atoms with van der Waals surface area (Å²) in [6.07, 6.45) is 1.33. The SMILES string of the molecule is CCOC(=O)/C=c1\c(O)c(-c2ccccc2)c2n1CCN=2. The summed E-state index contributed by atoms with van der Waals surface area (Å²) in [4.78, 5) is 16.1. The Bertz CT molecular complexity index is 791. The molecule has 3 rings (SSSR count). The summed E-state index contributed by atoms with van der Waals surface area (Å²) in [6, 6.07) is 9.56. The predicted molar refractivity (Wildman–Crippen MR) is 78.3 cm³/mol. The second kappa shape index (κ2) is 5.44. The maximum absolute atomic E-state index is 11.7. The first-order valence-corrected chi connectivity index (χ1v) is 6.92. The number of carbonyl (C=O) groups excluding carboxylic acids is 1. The number of nitrogens with zero attached hydrogens (tertiary/aromatic N) is 2. The number of benzene rings is 1. The van der Waals surface area contributed by atoms with E-state index in [0.29, 0.717) is 36.1 Å². The number of carbonyl (C=O) groups is 1. The third-order valence-corrected chi connectivity index (χ3v) is 3.44. The zero-order valence-corrected chi connectivity index (χ0v) is 11.7. The van der Waals surface area contributed by atoms with Crippen molar-refractivity contribution >= 4 is 12.0 Å². The van der Waals surface area contributed by atoms with Gasteiger partial charge in [0.2, 0.25) is 0 Å². The van der Waals surface area contributed by atoms with Crippen LogP contribution < -0.4 is 10.8 Å². The molecule has 1 aliphatic rings. The van der Waals surface area contributed by atoms with Crippen molar-refractivity contribution in [2.45, 2.75) is 13.5 Å². The molecule has 0 unspecified atom stereocenters. The van der Waals surface area contributed by atoms with Crippen LogP contribution in [-0.4, -0.2) is 28.8 Å². The molecule has 2 heterocycles. The standard InChI is InChI=1S/C16H16N2O3/c1-2-21-13(19)10-12-15(20)14(11-6-4-3-5-7-11)16-17-8-9-18(12)16/h3-7,10,20H,2,8-9H2,1H3/b12-10+. The summed E-state index contributed by atoms with van der Waals surface area (Å²) in [6.45, 7) is 3.36. The van der Waals surface area contributed by atoms with E-state index in [-0.39, 0.29) is 5.75 Å². The van der Waals surface area contributed by atoms with Gasteiger partial charge in [-0.15, -0.1) is 0 Å². The van der Waals surface area contributed by atoms with Gasteiger partial charge in [0.05, 0.1) is 30.1 Å². The van der Waals surface area contributed by atoms with Gasteiger partial charge < -0.3 is 14.4 Å². The molecule has 0 atom stereocenters. The first-order valence-electron chi connectivity index (χ1n) is 6.92. The Kier molecular flexibility index (Phi) is 3.48. The highest BCUT2D eigenvalue weighted by atomic mass is 16.5. The van der Waals surface area contributed by atoms with E-state index in [1.165, 1.54) is 6.08 Å². The van der Waals surface area contributed by atoms with E-state index >= 15 is 0 Å². The van der Waals surface area contributed by atoms with Crippen molar-refractivity contribution in [3.63, 3.8) is 0 Å². The van der Waals surface area contributed by atoms with Gasteiger partial charge in [-0.2, -0.15) is 0 Å². The summed E-state index contributed by atoms with van der Waals surface area (Å²) in [5.41, 5.74) is 2.27. The van der Waals surface area contributed by atoms with Crippen molar-refractivity contribution in [1.29, 1.82) is 0 Å². The zero-order valence-electron chi connectivity index (χ0n) is 11.7. The van der Waals surface area contributed by atoms with Crippen LogP contribution in [0.4, 0.5) is 0 Å². The minimum absolute atomic E-state index is 0.0766. The maximum Gasteiger partial charge on any atom is 0.332 e. The number of hydrogen-bond acceptors (Lipinski definition) is 4. The molecule has 1 aromatic carbocycles. The number of aromatic nitrogens is 1. The predicted octanol–water partition coefficient (Wildman–Crippen LogP) is 0.837. The highest BCUT2D eigenvalue weighted by Crippen LogP contribution is 2.23. The molecule has 0 spiro atoms. The molecule has 5 nitrogen and oxygen atoms in total. The quantitative estimate of drug-likeness (QED) is 0.849. The molecule has 1 aliphatic heterocycles. The van der Waals surface area contributed by atoms with Crippen molar-refractivity contribution in [3.8, 4) is 16.9 Å². The minimum Gasteiger partial charge on any atom is -0.505 e. The van der Waals surface area contributed by atoms with Crippen LogP contribution in [0, 0.1) is 0 Å². The second-order valence-corrected chi connectivity index (χ2v) is 4.73. The van der Waals surface area contributed by atoms with E-state index in [9.17, 15) is 9.90 Å². The van der Waals surface area contributed by atoms with Crippen molar-refractivity contribution in [2.24, 2.45) is 4.99 Å². The number of fused-ring (bicyclic) bond motifs is 1. The molecule has 0 fully saturated rings. The number of esters is 1. The fourth-order valence-corrected chi connectivity index (χ4v) is 2.57. The number of aromatic hydroxyl groups is 1. The number of rotatable bonds is 3. The van der Waals surface area contributed by atoms with Gasteiger partial charge in [-0.1, -0.05) is 30.3 Å². The molecular weight excluding hydrogens is 268 g/mol. The molecule has 0 amide bonds. The van der Waals surface area contributed by atoms with Gasteiger partial charge >= 0.3 is 5.97 Å². The Balaban J connectivity index is 2.23. The van der Waals surface area contributed by atoms with Crippen LogP contribution in [0.2, 0.25) is 0 Å². The molecule has 2 aromatic rings. The Morgan fingerprint density at radius 3 is 2.90 bits per heavy atom. The Labute approximate surface area is 121 Å². The van der Waals surface area contributed by atoms with Gasteiger partial charge in [0.15, 0.2) is 5.75 Å². The lowest BCUT2D eigenvalue weighted by atomic mass is 10.1. The van der Waals surface area contributed by atoms with Crippen molar-refractivity contribution in [2.75, 3.05) is 13.2 Å². The topological polar surface area (TPSA) is 63.8 Å². The largest absolute Gasteiger partial charge is 0.505 e. The van der Waals surface area contributed by atoms with Crippen LogP contribution in [0.25, 0.3) is 17.2 Å². The lowest BCUT2D eigenvalue weighted by molar-refractivity contribution is -0.135. The molecule has 0 saturated heterocycles. The monoisotopic (exact) mass is 284 g/mol. The highest BCUT2D eigenvalue weighted by Gasteiger charge is 2.19. The van der Waals surface area contributed by atoms with Crippen LogP contribution >= 0.6 is 0 Å². The molecule has 1 aromatic heterocycles. The molecule has 1 N–H and O–H groups in total. The van der Waals surface area contributed by atoms with E-state index < -0.39 is 5.97 Å². The molecule has 5 heteroatoms. The van der Waals surface area contributed by atoms with Crippen molar-refractivity contribution < 1.29 is 14.6 Å². The molecular formula is C16H16N2O3. The van der Waals surface area contributed by atoms with Crippen LogP contribution in [0.1, 0.15) is 6.92 Å². The third kappa shape index (κ3) is 2.31. The second-order valence-electron chi connectivity index (χ2n) is 4.73. The van der Waals surface area contributed by atoms with Crippen LogP contribution in [0.15, 0.2) is 35.3 Å². The Hall–Kier alpha value is -2.56. The van der Waals surface area contributed by atoms with Crippen LogP contribution in [0.3, 0.4) is 0 Å². The van der Waals surface area contributed by atoms with E-state index in [1.807, 2.05) is 34.9 Å². The van der Waals surface area contributed by atoms with Gasteiger partial charge in [-0.25, -0.2) is 4.79 Å². The lowest BCUT2D eigenvalue weighted by Gasteiger charge is -1.99. The van der Waals surface area contributed by atoms with E-state index in [2.05, 4.69) is 4.99 Å². The minimum atomic E-state index is -0.459. The molecule has 108 valence electrons. The number of ether oxygens (including phenoxy) is 1. The Morgan fingerprint density at radius 1 is 1.43 bits per heavy atom. The van der Waals surface area contributed by atoms with Crippen LogP contribution in [-0.2, 0) is 16.1 Å². The van der Waals surface area contributed by atoms with E-state index in [1.54, 1.807) is 6.92 Å². The van der Waals surface area contributed by atoms with Crippen LogP contribution in [0.5, 0.6) is 5.75 Å². The normalized spacial score (nSPS) is 13.9.